The van der Waals surface area contributed by atoms with Gasteiger partial charge < -0.3 is 0 Å². The lowest BCUT2D eigenvalue weighted by molar-refractivity contribution is -0.665. The molecule has 4 aromatic heterocycles. The van der Waals surface area contributed by atoms with E-state index in [1.807, 2.05) is 0 Å². The zero-order valence-corrected chi connectivity index (χ0v) is 85.1. The molecule has 0 amide bonds. The van der Waals surface area contributed by atoms with E-state index in [0.717, 1.165) is 47.3 Å². The minimum Gasteiger partial charge on any atom is -0.198 e. The number of nitrogens with zero attached hydrogens (tertiary/aromatic N) is 4. The van der Waals surface area contributed by atoms with Crippen molar-refractivity contribution in [3.8, 4) is 45.0 Å². The first-order valence-electron chi connectivity index (χ1n) is 49.8. The molecule has 0 radical (unpaired) electrons. The average molecular weight is 1720 g/mol. The fourth-order valence-electron chi connectivity index (χ4n) is 26.5. The molecule has 2 atom stereocenters. The number of fused-ring (bicyclic) bond motifs is 13. The minimum absolute atomic E-state index is 0.0214. The van der Waals surface area contributed by atoms with Gasteiger partial charge in [0.15, 0.2) is 22.8 Å². The van der Waals surface area contributed by atoms with Crippen LogP contribution in [0.25, 0.3) is 88.1 Å². The minimum atomic E-state index is -0.940. The summed E-state index contributed by atoms with van der Waals surface area (Å²) in [7, 11) is 5.31. The van der Waals surface area contributed by atoms with Crippen LogP contribution in [0.1, 0.15) is 276 Å². The first kappa shape index (κ1) is 86.6. The van der Waals surface area contributed by atoms with Crippen molar-refractivity contribution >= 4 is 75.4 Å². The molecule has 0 spiro atoms. The maximum absolute atomic E-state index is 2.59. The van der Waals surface area contributed by atoms with Crippen molar-refractivity contribution in [1.82, 2.24) is 0 Å². The van der Waals surface area contributed by atoms with Gasteiger partial charge in [0.25, 0.3) is 0 Å². The SMILES string of the molecule is Cc1cc2c(cc1-c1c3ccc(C4CC[Si](C)(C)CC4)cc3cc(C)[n+]1C)C1CCC2C1.Cc1cc2c(cc1-c1c3ccc(C4CC[Si](C)(C)CC4)cc3cc(C)[n+]1C)C1CCC2CC1.Cc1cc2c(cc1-c1c3ccc(C4CC[Si](C)(C)CC4)cc3cc(C)[n+]1C)CCC2.Cc1cccc2c1-c1c3c(cc(C4CC[Si](C)(C)CC4)cc3cc(C)[n+]1C)C2(C)C. The number of aryl methyl sites for hydroxylation is 10. The summed E-state index contributed by atoms with van der Waals surface area (Å²) in [6.07, 6.45) is 24.7. The van der Waals surface area contributed by atoms with Crippen LogP contribution >= 0.6 is 0 Å². The van der Waals surface area contributed by atoms with Crippen LogP contribution in [0.4, 0.5) is 0 Å². The lowest BCUT2D eigenvalue weighted by atomic mass is 9.66. The fourth-order valence-corrected chi connectivity index (χ4v) is 36.6. The Morgan fingerprint density at radius 3 is 1.03 bits per heavy atom. The van der Waals surface area contributed by atoms with Gasteiger partial charge in [0, 0.05) is 89.7 Å². The van der Waals surface area contributed by atoms with E-state index in [4.69, 9.17) is 0 Å². The summed E-state index contributed by atoms with van der Waals surface area (Å²) in [5, 5.41) is 11.4. The molecule has 0 N–H and O–H groups in total. The Morgan fingerprint density at radius 1 is 0.288 bits per heavy atom. The van der Waals surface area contributed by atoms with Gasteiger partial charge in [0.05, 0.1) is 43.8 Å². The Kier molecular flexibility index (Phi) is 22.9. The molecule has 23 rings (SSSR count). The van der Waals surface area contributed by atoms with E-state index < -0.39 is 32.3 Å². The van der Waals surface area contributed by atoms with Gasteiger partial charge in [-0.15, -0.1) is 0 Å². The zero-order valence-electron chi connectivity index (χ0n) is 81.1. The molecule has 4 aliphatic heterocycles. The van der Waals surface area contributed by atoms with E-state index in [1.54, 1.807) is 55.6 Å². The topological polar surface area (TPSA) is 15.5 Å². The predicted octanol–water partition coefficient (Wildman–Crippen LogP) is 30.4. The second-order valence-electron chi connectivity index (χ2n) is 46.4. The molecule has 4 nitrogen and oxygen atoms in total. The molecule has 650 valence electrons. The van der Waals surface area contributed by atoms with Crippen LogP contribution in [0.5, 0.6) is 0 Å². The summed E-state index contributed by atoms with van der Waals surface area (Å²) >= 11 is 0. The van der Waals surface area contributed by atoms with Gasteiger partial charge in [0.1, 0.15) is 28.2 Å². The van der Waals surface area contributed by atoms with Gasteiger partial charge in [-0.25, -0.2) is 0 Å². The number of rotatable bonds is 7. The van der Waals surface area contributed by atoms with Gasteiger partial charge in [-0.2, -0.15) is 18.3 Å². The molecule has 11 aliphatic rings. The lowest BCUT2D eigenvalue weighted by Gasteiger charge is -2.38. The molecule has 8 heteroatoms. The van der Waals surface area contributed by atoms with Crippen molar-refractivity contribution < 1.29 is 18.3 Å². The Morgan fingerprint density at radius 2 is 0.616 bits per heavy atom. The number of pyridine rings is 4. The molecule has 125 heavy (non-hydrogen) atoms. The Hall–Kier alpha value is -7.73. The summed E-state index contributed by atoms with van der Waals surface area (Å²) in [4.78, 5) is 0. The average Bonchev–Trinajstić information content (AvgIpc) is 1.51. The number of benzene rings is 8. The third-order valence-corrected chi connectivity index (χ3v) is 48.6. The molecule has 8 heterocycles. The van der Waals surface area contributed by atoms with E-state index >= 15 is 0 Å². The fraction of sp³-hybridized carbons (Fsp3) is 0.487. The Bertz CT molecular complexity index is 6300. The number of hydrogen-bond acceptors (Lipinski definition) is 0. The normalized spacial score (nSPS) is 21.8. The van der Waals surface area contributed by atoms with Gasteiger partial charge >= 0.3 is 0 Å². The maximum atomic E-state index is 2.59. The van der Waals surface area contributed by atoms with Crippen LogP contribution in [0.3, 0.4) is 0 Å². The summed E-state index contributed by atoms with van der Waals surface area (Å²) in [6.45, 7) is 43.8. The van der Waals surface area contributed by atoms with Gasteiger partial charge in [-0.05, 0) is 338 Å². The van der Waals surface area contributed by atoms with E-state index in [0.29, 0.717) is 0 Å². The van der Waals surface area contributed by atoms with E-state index in [2.05, 4.69) is 314 Å². The molecule has 6 fully saturated rings. The zero-order chi connectivity index (χ0) is 87.6. The van der Waals surface area contributed by atoms with Crippen molar-refractivity contribution in [1.29, 1.82) is 0 Å². The van der Waals surface area contributed by atoms with Crippen LogP contribution in [0.15, 0.2) is 146 Å². The summed E-state index contributed by atoms with van der Waals surface area (Å²) in [5.74, 6) is 6.25. The van der Waals surface area contributed by atoms with Crippen LogP contribution in [0.2, 0.25) is 101 Å². The van der Waals surface area contributed by atoms with Crippen molar-refractivity contribution in [2.24, 2.45) is 28.2 Å². The highest BCUT2D eigenvalue weighted by molar-refractivity contribution is 6.78. The Balaban J connectivity index is 0.000000109. The summed E-state index contributed by atoms with van der Waals surface area (Å²) in [5.41, 5.74) is 41.6. The van der Waals surface area contributed by atoms with Gasteiger partial charge in [-0.3, -0.25) is 0 Å². The molecule has 8 aromatic carbocycles. The highest BCUT2D eigenvalue weighted by Crippen LogP contribution is 2.57. The molecule has 12 aromatic rings. The molecule has 2 unspecified atom stereocenters. The van der Waals surface area contributed by atoms with Crippen molar-refractivity contribution in [2.75, 3.05) is 0 Å². The first-order valence-corrected chi connectivity index (χ1v) is 63.5. The largest absolute Gasteiger partial charge is 0.221 e. The lowest BCUT2D eigenvalue weighted by Crippen LogP contribution is -2.38. The second-order valence-corrected chi connectivity index (χ2v) is 67.7. The van der Waals surface area contributed by atoms with Crippen LogP contribution in [-0.4, -0.2) is 32.3 Å². The van der Waals surface area contributed by atoms with Crippen molar-refractivity contribution in [3.63, 3.8) is 0 Å². The summed E-state index contributed by atoms with van der Waals surface area (Å²) in [6, 6.07) is 71.0. The van der Waals surface area contributed by atoms with Crippen LogP contribution in [0, 0.1) is 55.4 Å². The standard InChI is InChI=1S/C31H40NSi.C30H38NSi.2C28H36NSi/c1-20-16-29-23-6-8-24(9-7-23)30(29)19-28(20)31-27-11-10-25(18-26(27)17-21(2)32(31)3)22-12-14-33(4,5)15-13-22;1-19-14-28-23-6-7-24(17-23)29(28)18-27(19)30-26-9-8-22(16-25(26)15-20(2)31(30)3)21-10-12-32(4,5)13-11-21;1-18-9-8-10-23-25(18)27-26-22(15-19(2)29(27)5)16-21(17-24(26)28(23,3)4)20-11-13-30(6,7)14-12-20;1-19-15-22-7-6-8-23(22)18-27(19)28-26-10-9-24(17-25(26)16-20(2)29(28)3)21-11-13-30(4,5)14-12-21/h10-11,16-19,22-24H,6-9,12-15H2,1-5H3;8-9,14-16,18,21,23-24H,6-7,10-13,17H2,1-5H3;8-10,15-17,20H,11-14H2,1-7H3;9-10,15-18,21H,6-8,11-14H2,1-5H3/q4*+1. The molecule has 2 saturated carbocycles. The second kappa shape index (κ2) is 33.0. The van der Waals surface area contributed by atoms with Crippen molar-refractivity contribution in [2.45, 2.75) is 338 Å². The van der Waals surface area contributed by atoms with Gasteiger partial charge in [-0.1, -0.05) is 200 Å². The van der Waals surface area contributed by atoms with E-state index in [1.165, 1.54) is 308 Å². The molecular weight excluding hydrogens is 1570 g/mol. The number of hydrogen-bond donors (Lipinski definition) is 0. The van der Waals surface area contributed by atoms with Crippen molar-refractivity contribution in [3.05, 3.63) is 257 Å². The first-order chi connectivity index (χ1) is 59.5. The van der Waals surface area contributed by atoms with Gasteiger partial charge in [0.2, 0.25) is 22.8 Å². The third-order valence-electron chi connectivity index (χ3n) is 35.4. The monoisotopic (exact) mass is 1720 g/mol. The third kappa shape index (κ3) is 16.2. The maximum Gasteiger partial charge on any atom is 0.221 e. The van der Waals surface area contributed by atoms with Crippen LogP contribution < -0.4 is 18.3 Å². The highest BCUT2D eigenvalue weighted by Gasteiger charge is 2.44. The number of aromatic nitrogens is 4. The molecular formula is C117H150N4Si4+4. The molecule has 7 aliphatic carbocycles. The highest BCUT2D eigenvalue weighted by atomic mass is 28.3. The Labute approximate surface area is 757 Å². The molecule has 4 bridgehead atoms. The molecule has 4 saturated heterocycles. The quantitative estimate of drug-likeness (QED) is 0.112. The predicted molar refractivity (Wildman–Crippen MR) is 544 cm³/mol. The van der Waals surface area contributed by atoms with E-state index in [-0.39, 0.29) is 5.41 Å². The summed E-state index contributed by atoms with van der Waals surface area (Å²) < 4.78 is 9.69. The van der Waals surface area contributed by atoms with E-state index in [9.17, 15) is 0 Å². The smallest absolute Gasteiger partial charge is 0.198 e. The van der Waals surface area contributed by atoms with Crippen LogP contribution in [-0.2, 0) is 46.4 Å².